The third kappa shape index (κ3) is 1.90. The molecule has 3 rings (SSSR count). The molecule has 1 aliphatic rings. The Kier molecular flexibility index (Phi) is 2.75. The van der Waals surface area contributed by atoms with Crippen LogP contribution in [0.25, 0.3) is 10.9 Å². The van der Waals surface area contributed by atoms with Crippen molar-refractivity contribution in [1.82, 2.24) is 4.09 Å². The summed E-state index contributed by atoms with van der Waals surface area (Å²) in [6, 6.07) is 9.99. The van der Waals surface area contributed by atoms with Crippen molar-refractivity contribution in [1.29, 1.82) is 0 Å². The van der Waals surface area contributed by atoms with Crippen molar-refractivity contribution < 1.29 is 9.31 Å². The lowest BCUT2D eigenvalue weighted by Crippen LogP contribution is -2.41. The minimum Gasteiger partial charge on any atom is -0.398 e. The van der Waals surface area contributed by atoms with Crippen LogP contribution in [0.4, 0.5) is 0 Å². The Morgan fingerprint density at radius 1 is 1.05 bits per heavy atom. The van der Waals surface area contributed by atoms with Gasteiger partial charge in [0, 0.05) is 17.2 Å². The standard InChI is InChI=1S/C14H17BClNO2/c1-13(2)14(3,4)19-15(18-13)12-9-10-7-5-6-8-11(10)17(12)16/h5-9H,1-4H3. The summed E-state index contributed by atoms with van der Waals surface area (Å²) in [5.74, 6) is 0. The minimum atomic E-state index is -0.435. The first-order chi connectivity index (χ1) is 8.82. The van der Waals surface area contributed by atoms with Gasteiger partial charge in [0.25, 0.3) is 0 Å². The van der Waals surface area contributed by atoms with Gasteiger partial charge >= 0.3 is 7.12 Å². The molecule has 1 aromatic heterocycles. The fourth-order valence-electron chi connectivity index (χ4n) is 2.27. The van der Waals surface area contributed by atoms with E-state index in [-0.39, 0.29) is 11.2 Å². The second-order valence-electron chi connectivity index (χ2n) is 6.00. The predicted octanol–water partition coefficient (Wildman–Crippen LogP) is 2.94. The smallest absolute Gasteiger partial charge is 0.398 e. The van der Waals surface area contributed by atoms with E-state index in [9.17, 15) is 0 Å². The van der Waals surface area contributed by atoms with Crippen LogP contribution in [-0.4, -0.2) is 22.4 Å². The Morgan fingerprint density at radius 2 is 1.63 bits per heavy atom. The fraction of sp³-hybridized carbons (Fsp3) is 0.429. The average Bonchev–Trinajstić information content (AvgIpc) is 2.76. The second kappa shape index (κ2) is 4.01. The van der Waals surface area contributed by atoms with E-state index in [2.05, 4.69) is 0 Å². The van der Waals surface area contributed by atoms with Crippen molar-refractivity contribution in [2.24, 2.45) is 0 Å². The van der Waals surface area contributed by atoms with E-state index in [4.69, 9.17) is 21.1 Å². The SMILES string of the molecule is CC1(C)OB(c2cc3ccccc3n2Cl)OC1(C)C. The molecule has 1 aromatic carbocycles. The van der Waals surface area contributed by atoms with Crippen molar-refractivity contribution >= 4 is 35.4 Å². The van der Waals surface area contributed by atoms with E-state index in [1.807, 2.05) is 58.0 Å². The Bertz CT molecular complexity index is 619. The highest BCUT2D eigenvalue weighted by Gasteiger charge is 2.52. The average molecular weight is 278 g/mol. The maximum absolute atomic E-state index is 6.38. The van der Waals surface area contributed by atoms with Gasteiger partial charge in [-0.2, -0.15) is 0 Å². The first-order valence-corrected chi connectivity index (χ1v) is 6.78. The number of hydrogen-bond acceptors (Lipinski definition) is 2. The maximum Gasteiger partial charge on any atom is 0.513 e. The Hall–Kier alpha value is -0.965. The Balaban J connectivity index is 2.05. The Labute approximate surface area is 118 Å². The van der Waals surface area contributed by atoms with Gasteiger partial charge in [-0.25, -0.2) is 0 Å². The van der Waals surface area contributed by atoms with Crippen molar-refractivity contribution in [2.75, 3.05) is 0 Å². The fourth-order valence-corrected chi connectivity index (χ4v) is 2.55. The normalized spacial score (nSPS) is 21.2. The van der Waals surface area contributed by atoms with Gasteiger partial charge in [0.2, 0.25) is 0 Å². The zero-order valence-corrected chi connectivity index (χ0v) is 12.4. The molecule has 0 spiro atoms. The van der Waals surface area contributed by atoms with Gasteiger partial charge in [-0.3, -0.25) is 4.09 Å². The van der Waals surface area contributed by atoms with Crippen LogP contribution >= 0.6 is 11.8 Å². The number of benzene rings is 1. The van der Waals surface area contributed by atoms with Crippen LogP contribution < -0.4 is 5.59 Å². The molecule has 0 unspecified atom stereocenters. The van der Waals surface area contributed by atoms with Gasteiger partial charge in [-0.05, 0) is 39.8 Å². The first-order valence-electron chi connectivity index (χ1n) is 6.44. The summed E-state index contributed by atoms with van der Waals surface area (Å²) in [4.78, 5) is 0. The van der Waals surface area contributed by atoms with Crippen LogP contribution in [0.3, 0.4) is 0 Å². The molecular formula is C14H17BClNO2. The van der Waals surface area contributed by atoms with E-state index < -0.39 is 7.12 Å². The zero-order chi connectivity index (χ0) is 13.8. The Morgan fingerprint density at radius 3 is 2.21 bits per heavy atom. The molecule has 0 bridgehead atoms. The molecule has 0 saturated carbocycles. The quantitative estimate of drug-likeness (QED) is 0.748. The van der Waals surface area contributed by atoms with E-state index in [1.165, 1.54) is 0 Å². The van der Waals surface area contributed by atoms with E-state index in [0.717, 1.165) is 16.5 Å². The van der Waals surface area contributed by atoms with Gasteiger partial charge in [-0.1, -0.05) is 18.2 Å². The number of hydrogen-bond donors (Lipinski definition) is 0. The number of nitrogens with zero attached hydrogens (tertiary/aromatic N) is 1. The molecule has 1 fully saturated rings. The summed E-state index contributed by atoms with van der Waals surface area (Å²) in [6.07, 6.45) is 0. The molecule has 19 heavy (non-hydrogen) atoms. The molecule has 2 heterocycles. The highest BCUT2D eigenvalue weighted by Crippen LogP contribution is 2.36. The number of aromatic nitrogens is 1. The van der Waals surface area contributed by atoms with Gasteiger partial charge in [0.05, 0.1) is 22.3 Å². The van der Waals surface area contributed by atoms with E-state index in [0.29, 0.717) is 0 Å². The lowest BCUT2D eigenvalue weighted by Gasteiger charge is -2.32. The summed E-state index contributed by atoms with van der Waals surface area (Å²) in [6.45, 7) is 8.14. The third-order valence-corrected chi connectivity index (χ3v) is 4.55. The van der Waals surface area contributed by atoms with Crippen molar-refractivity contribution in [2.45, 2.75) is 38.9 Å². The monoisotopic (exact) mass is 277 g/mol. The van der Waals surface area contributed by atoms with Gasteiger partial charge < -0.3 is 9.31 Å². The van der Waals surface area contributed by atoms with Gasteiger partial charge in [0.1, 0.15) is 0 Å². The summed E-state index contributed by atoms with van der Waals surface area (Å²) in [5, 5.41) is 1.09. The zero-order valence-electron chi connectivity index (χ0n) is 11.6. The molecule has 2 aromatic rings. The van der Waals surface area contributed by atoms with Crippen molar-refractivity contribution in [3.63, 3.8) is 0 Å². The molecule has 0 N–H and O–H groups in total. The first kappa shape index (κ1) is 13.0. The predicted molar refractivity (Wildman–Crippen MR) is 78.9 cm³/mol. The molecule has 0 amide bonds. The molecule has 0 radical (unpaired) electrons. The number of para-hydroxylation sites is 1. The summed E-state index contributed by atoms with van der Waals surface area (Å²) in [7, 11) is -0.435. The maximum atomic E-state index is 6.38. The molecule has 0 atom stereocenters. The van der Waals surface area contributed by atoms with Crippen LogP contribution in [0.5, 0.6) is 0 Å². The van der Waals surface area contributed by atoms with E-state index in [1.54, 1.807) is 4.09 Å². The van der Waals surface area contributed by atoms with Gasteiger partial charge in [0.15, 0.2) is 0 Å². The third-order valence-electron chi connectivity index (χ3n) is 4.17. The van der Waals surface area contributed by atoms with Crippen molar-refractivity contribution in [3.8, 4) is 0 Å². The molecule has 1 aliphatic heterocycles. The van der Waals surface area contributed by atoms with Crippen LogP contribution in [0.15, 0.2) is 30.3 Å². The number of fused-ring (bicyclic) bond motifs is 1. The minimum absolute atomic E-state index is 0.356. The molecule has 0 aliphatic carbocycles. The molecule has 100 valence electrons. The molecule has 3 nitrogen and oxygen atoms in total. The molecular weight excluding hydrogens is 260 g/mol. The topological polar surface area (TPSA) is 23.4 Å². The van der Waals surface area contributed by atoms with Crippen molar-refractivity contribution in [3.05, 3.63) is 30.3 Å². The largest absolute Gasteiger partial charge is 0.513 e. The number of halogens is 1. The van der Waals surface area contributed by atoms with Crippen LogP contribution in [-0.2, 0) is 9.31 Å². The van der Waals surface area contributed by atoms with Gasteiger partial charge in [-0.15, -0.1) is 0 Å². The summed E-state index contributed by atoms with van der Waals surface area (Å²) in [5.41, 5.74) is 1.09. The summed E-state index contributed by atoms with van der Waals surface area (Å²) >= 11 is 6.38. The summed E-state index contributed by atoms with van der Waals surface area (Å²) < 4.78 is 13.7. The lowest BCUT2D eigenvalue weighted by molar-refractivity contribution is 0.00578. The highest BCUT2D eigenvalue weighted by molar-refractivity contribution is 6.63. The molecule has 1 saturated heterocycles. The lowest BCUT2D eigenvalue weighted by atomic mass is 9.85. The molecule has 5 heteroatoms. The van der Waals surface area contributed by atoms with Crippen LogP contribution in [0, 0.1) is 0 Å². The van der Waals surface area contributed by atoms with E-state index >= 15 is 0 Å². The second-order valence-corrected chi connectivity index (χ2v) is 6.34. The van der Waals surface area contributed by atoms with Crippen LogP contribution in [0.1, 0.15) is 27.7 Å². The number of rotatable bonds is 1. The van der Waals surface area contributed by atoms with Crippen LogP contribution in [0.2, 0.25) is 0 Å². The highest BCUT2D eigenvalue weighted by atomic mass is 35.5.